The number of nitrogens with zero attached hydrogens (tertiary/aromatic N) is 1. The zero-order chi connectivity index (χ0) is 19.3. The molecule has 0 atom stereocenters. The van der Waals surface area contributed by atoms with E-state index in [2.05, 4.69) is 4.99 Å². The predicted molar refractivity (Wildman–Crippen MR) is 83.1 cm³/mol. The highest BCUT2D eigenvalue weighted by molar-refractivity contribution is 6.07. The van der Waals surface area contributed by atoms with E-state index in [4.69, 9.17) is 0 Å². The average Bonchev–Trinajstić information content (AvgIpc) is 2.92. The first-order valence-electron chi connectivity index (χ1n) is 7.52. The van der Waals surface area contributed by atoms with E-state index in [9.17, 15) is 30.7 Å². The molecule has 1 aliphatic rings. The van der Waals surface area contributed by atoms with Crippen molar-refractivity contribution in [3.8, 4) is 11.1 Å². The Hall–Kier alpha value is -2.38. The van der Waals surface area contributed by atoms with Crippen molar-refractivity contribution in [1.82, 2.24) is 0 Å². The van der Waals surface area contributed by atoms with Gasteiger partial charge in [0.1, 0.15) is 5.71 Å². The molecule has 138 valence electrons. The van der Waals surface area contributed by atoms with E-state index >= 15 is 0 Å². The number of alkyl halides is 7. The summed E-state index contributed by atoms with van der Waals surface area (Å²) in [5, 5.41) is 0. The highest BCUT2D eigenvalue weighted by Gasteiger charge is 2.74. The fourth-order valence-corrected chi connectivity index (χ4v) is 3.05. The molecule has 3 rings (SSSR count). The first-order valence-corrected chi connectivity index (χ1v) is 7.52. The number of aliphatic imine (C=N–C) groups is 1. The van der Waals surface area contributed by atoms with Gasteiger partial charge >= 0.3 is 18.0 Å². The first-order chi connectivity index (χ1) is 12.0. The summed E-state index contributed by atoms with van der Waals surface area (Å²) in [4.78, 5) is 3.08. The molecule has 26 heavy (non-hydrogen) atoms. The quantitative estimate of drug-likeness (QED) is 0.423. The molecule has 0 saturated carbocycles. The lowest BCUT2D eigenvalue weighted by Crippen LogP contribution is -2.56. The zero-order valence-corrected chi connectivity index (χ0v) is 13.3. The Labute approximate surface area is 144 Å². The highest BCUT2D eigenvalue weighted by atomic mass is 19.4. The van der Waals surface area contributed by atoms with Crippen LogP contribution >= 0.6 is 0 Å². The van der Waals surface area contributed by atoms with Crippen molar-refractivity contribution in [1.29, 1.82) is 0 Å². The number of rotatable bonds is 3. The second-order valence-electron chi connectivity index (χ2n) is 5.92. The van der Waals surface area contributed by atoms with Crippen molar-refractivity contribution < 1.29 is 30.7 Å². The van der Waals surface area contributed by atoms with Gasteiger partial charge in [0, 0.05) is 12.6 Å². The van der Waals surface area contributed by atoms with E-state index < -0.39 is 29.3 Å². The van der Waals surface area contributed by atoms with Gasteiger partial charge in [0.2, 0.25) is 0 Å². The van der Waals surface area contributed by atoms with Gasteiger partial charge in [-0.15, -0.1) is 0 Å². The molecule has 0 bridgehead atoms. The lowest BCUT2D eigenvalue weighted by molar-refractivity contribution is -0.336. The molecule has 0 fully saturated rings. The molecule has 0 N–H and O–H groups in total. The Morgan fingerprint density at radius 3 is 2.08 bits per heavy atom. The van der Waals surface area contributed by atoms with Gasteiger partial charge in [-0.05, 0) is 34.7 Å². The summed E-state index contributed by atoms with van der Waals surface area (Å²) in [7, 11) is 0.761. The molecule has 0 aliphatic heterocycles. The lowest BCUT2D eigenvalue weighted by Gasteiger charge is -2.29. The summed E-state index contributed by atoms with van der Waals surface area (Å²) in [5.41, 5.74) is 0.860. The van der Waals surface area contributed by atoms with Gasteiger partial charge in [-0.3, -0.25) is 4.99 Å². The maximum Gasteiger partial charge on any atom is 0.460 e. The number of fused-ring (bicyclic) bond motifs is 3. The molecule has 2 aromatic rings. The Bertz CT molecular complexity index is 881. The van der Waals surface area contributed by atoms with E-state index in [-0.39, 0.29) is 0 Å². The molecule has 2 aromatic carbocycles. The minimum atomic E-state index is -6.41. The zero-order valence-electron chi connectivity index (χ0n) is 13.3. The Balaban J connectivity index is 2.10. The fourth-order valence-electron chi connectivity index (χ4n) is 3.05. The second kappa shape index (κ2) is 5.82. The maximum absolute atomic E-state index is 14.1. The maximum atomic E-state index is 14.1. The van der Waals surface area contributed by atoms with Gasteiger partial charge in [-0.2, -0.15) is 30.7 Å². The monoisotopic (exact) mass is 375 g/mol. The molecule has 0 radical (unpaired) electrons. The third-order valence-electron chi connectivity index (χ3n) is 4.34. The molecule has 0 heterocycles. The lowest BCUT2D eigenvalue weighted by atomic mass is 9.95. The number of hydrogen-bond acceptors (Lipinski definition) is 1. The molecule has 0 aromatic heterocycles. The molecule has 0 spiro atoms. The van der Waals surface area contributed by atoms with Gasteiger partial charge in [-0.1, -0.05) is 36.4 Å². The van der Waals surface area contributed by atoms with Crippen molar-refractivity contribution >= 4 is 5.71 Å². The minimum absolute atomic E-state index is 0.475. The summed E-state index contributed by atoms with van der Waals surface area (Å²) in [6.45, 7) is 0. The van der Waals surface area contributed by atoms with E-state index in [1.807, 2.05) is 6.07 Å². The van der Waals surface area contributed by atoms with E-state index in [0.717, 1.165) is 29.8 Å². The van der Waals surface area contributed by atoms with E-state index in [0.29, 0.717) is 12.0 Å². The normalized spacial score (nSPS) is 15.0. The summed E-state index contributed by atoms with van der Waals surface area (Å²) in [6.07, 6.45) is -5.88. The third-order valence-corrected chi connectivity index (χ3v) is 4.34. The van der Waals surface area contributed by atoms with Crippen LogP contribution in [0.15, 0.2) is 47.5 Å². The summed E-state index contributed by atoms with van der Waals surface area (Å²) < 4.78 is 92.4. The first kappa shape index (κ1) is 18.4. The number of hydrogen-bond donors (Lipinski definition) is 0. The SMILES string of the molecule is CN=C(c1ccc2c(c1)-c1ccccc1C2)C(F)(F)C(F)(F)C(F)(F)F. The summed E-state index contributed by atoms with van der Waals surface area (Å²) >= 11 is 0. The Morgan fingerprint density at radius 2 is 1.46 bits per heavy atom. The molecule has 8 heteroatoms. The van der Waals surface area contributed by atoms with Gasteiger partial charge in [-0.25, -0.2) is 0 Å². The molecular formula is C18H12F7N. The average molecular weight is 375 g/mol. The van der Waals surface area contributed by atoms with Crippen LogP contribution in [0.25, 0.3) is 11.1 Å². The van der Waals surface area contributed by atoms with Crippen LogP contribution in [0.5, 0.6) is 0 Å². The smallest absolute Gasteiger partial charge is 0.286 e. The van der Waals surface area contributed by atoms with Crippen molar-refractivity contribution in [2.24, 2.45) is 4.99 Å². The molecular weight excluding hydrogens is 363 g/mol. The molecule has 0 unspecified atom stereocenters. The van der Waals surface area contributed by atoms with Gasteiger partial charge < -0.3 is 0 Å². The summed E-state index contributed by atoms with van der Waals surface area (Å²) in [6, 6.07) is 10.8. The fraction of sp³-hybridized carbons (Fsp3) is 0.278. The molecule has 0 saturated heterocycles. The predicted octanol–water partition coefficient (Wildman–Crippen LogP) is 5.51. The highest BCUT2D eigenvalue weighted by Crippen LogP contribution is 2.48. The number of benzene rings is 2. The largest absolute Gasteiger partial charge is 0.460 e. The third kappa shape index (κ3) is 2.59. The molecule has 0 amide bonds. The van der Waals surface area contributed by atoms with Gasteiger partial charge in [0.25, 0.3) is 0 Å². The summed E-state index contributed by atoms with van der Waals surface area (Å²) in [5.74, 6) is -11.8. The van der Waals surface area contributed by atoms with Crippen LogP contribution in [0.3, 0.4) is 0 Å². The molecule has 1 aliphatic carbocycles. The Morgan fingerprint density at radius 1 is 0.846 bits per heavy atom. The Kier molecular flexibility index (Phi) is 4.12. The van der Waals surface area contributed by atoms with Gasteiger partial charge in [0.15, 0.2) is 0 Å². The van der Waals surface area contributed by atoms with Gasteiger partial charge in [0.05, 0.1) is 0 Å². The van der Waals surface area contributed by atoms with Crippen LogP contribution in [0.2, 0.25) is 0 Å². The standard InChI is InChI=1S/C18H12F7N/c1-26-15(16(19,20)17(21,22)18(23,24)25)12-7-6-11-8-10-4-2-3-5-13(10)14(11)9-12/h2-7,9H,8H2,1H3. The van der Waals surface area contributed by atoms with Crippen molar-refractivity contribution in [3.63, 3.8) is 0 Å². The van der Waals surface area contributed by atoms with Crippen molar-refractivity contribution in [2.75, 3.05) is 7.05 Å². The van der Waals surface area contributed by atoms with Crippen LogP contribution < -0.4 is 0 Å². The van der Waals surface area contributed by atoms with E-state index in [1.54, 1.807) is 18.2 Å². The van der Waals surface area contributed by atoms with Crippen LogP contribution in [-0.4, -0.2) is 30.8 Å². The van der Waals surface area contributed by atoms with Crippen molar-refractivity contribution in [2.45, 2.75) is 24.4 Å². The van der Waals surface area contributed by atoms with Crippen LogP contribution in [-0.2, 0) is 6.42 Å². The second-order valence-corrected chi connectivity index (χ2v) is 5.92. The topological polar surface area (TPSA) is 12.4 Å². The minimum Gasteiger partial charge on any atom is -0.286 e. The van der Waals surface area contributed by atoms with Crippen LogP contribution in [0.1, 0.15) is 16.7 Å². The van der Waals surface area contributed by atoms with E-state index in [1.165, 1.54) is 12.1 Å². The number of halogens is 7. The molecule has 1 nitrogen and oxygen atoms in total. The van der Waals surface area contributed by atoms with Crippen LogP contribution in [0, 0.1) is 0 Å². The van der Waals surface area contributed by atoms with Crippen molar-refractivity contribution in [3.05, 3.63) is 59.2 Å². The van der Waals surface area contributed by atoms with Crippen LogP contribution in [0.4, 0.5) is 30.7 Å².